The van der Waals surface area contributed by atoms with Crippen LogP contribution in [0, 0.1) is 0 Å². The van der Waals surface area contributed by atoms with Crippen LogP contribution in [0.5, 0.6) is 0 Å². The third kappa shape index (κ3) is 5.96. The molecule has 1 aliphatic carbocycles. The molecule has 1 unspecified atom stereocenters. The molecule has 3 N–H and O–H groups in total. The van der Waals surface area contributed by atoms with Crippen LogP contribution in [0.4, 0.5) is 0 Å². The number of nitrogens with one attached hydrogen (secondary N) is 3. The van der Waals surface area contributed by atoms with Crippen LogP contribution in [0.3, 0.4) is 0 Å². The summed E-state index contributed by atoms with van der Waals surface area (Å²) in [7, 11) is 0. The monoisotopic (exact) mass is 433 g/mol. The van der Waals surface area contributed by atoms with Gasteiger partial charge in [0.25, 0.3) is 5.91 Å². The molecule has 1 heterocycles. The molecule has 0 saturated heterocycles. The third-order valence-electron chi connectivity index (χ3n) is 4.06. The van der Waals surface area contributed by atoms with Crippen molar-refractivity contribution in [1.29, 1.82) is 0 Å². The van der Waals surface area contributed by atoms with Crippen molar-refractivity contribution in [3.63, 3.8) is 0 Å². The van der Waals surface area contributed by atoms with Crippen LogP contribution >= 0.6 is 15.9 Å². The van der Waals surface area contributed by atoms with Crippen LogP contribution in [0.1, 0.15) is 29.0 Å². The summed E-state index contributed by atoms with van der Waals surface area (Å²) in [5.74, 6) is -1.06. The lowest BCUT2D eigenvalue weighted by Crippen LogP contribution is -2.51. The van der Waals surface area contributed by atoms with E-state index in [-0.39, 0.29) is 24.3 Å². The van der Waals surface area contributed by atoms with Crippen molar-refractivity contribution in [2.24, 2.45) is 0 Å². The lowest BCUT2D eigenvalue weighted by atomic mass is 10.1. The van der Waals surface area contributed by atoms with E-state index >= 15 is 0 Å². The molecule has 1 fully saturated rings. The molecule has 142 valence electrons. The Labute approximate surface area is 165 Å². The summed E-state index contributed by atoms with van der Waals surface area (Å²) in [6.45, 7) is -0.251. The molecule has 1 saturated carbocycles. The Morgan fingerprint density at radius 3 is 2.48 bits per heavy atom. The average Bonchev–Trinajstić information content (AvgIpc) is 3.37. The fourth-order valence-corrected chi connectivity index (χ4v) is 2.82. The summed E-state index contributed by atoms with van der Waals surface area (Å²) >= 11 is 3.11. The summed E-state index contributed by atoms with van der Waals surface area (Å²) < 4.78 is 5.56. The zero-order valence-corrected chi connectivity index (χ0v) is 16.1. The molecule has 3 rings (SSSR count). The van der Waals surface area contributed by atoms with Crippen LogP contribution in [-0.4, -0.2) is 36.3 Å². The quantitative estimate of drug-likeness (QED) is 0.590. The minimum atomic E-state index is -0.699. The van der Waals surface area contributed by atoms with Gasteiger partial charge in [-0.05, 0) is 46.5 Å². The highest BCUT2D eigenvalue weighted by atomic mass is 79.9. The average molecular weight is 434 g/mol. The fraction of sp³-hybridized carbons (Fsp3) is 0.316. The molecule has 27 heavy (non-hydrogen) atoms. The number of hydrogen-bond donors (Lipinski definition) is 3. The van der Waals surface area contributed by atoms with Gasteiger partial charge in [-0.2, -0.15) is 0 Å². The largest absolute Gasteiger partial charge is 0.444 e. The summed E-state index contributed by atoms with van der Waals surface area (Å²) in [6.07, 6.45) is 2.31. The number of rotatable bonds is 8. The topological polar surface area (TPSA) is 100 Å². The van der Waals surface area contributed by atoms with E-state index in [0.717, 1.165) is 18.4 Å². The Bertz CT molecular complexity index is 817. The molecule has 1 aromatic carbocycles. The van der Waals surface area contributed by atoms with Crippen molar-refractivity contribution in [2.45, 2.75) is 31.3 Å². The van der Waals surface area contributed by atoms with Gasteiger partial charge in [0.05, 0.1) is 6.54 Å². The smallest absolute Gasteiger partial charge is 0.287 e. The Hall–Kier alpha value is -2.61. The Morgan fingerprint density at radius 1 is 1.11 bits per heavy atom. The summed E-state index contributed by atoms with van der Waals surface area (Å²) in [5.41, 5.74) is 0.943. The van der Waals surface area contributed by atoms with E-state index in [2.05, 4.69) is 31.9 Å². The fourth-order valence-electron chi connectivity index (χ4n) is 2.52. The second-order valence-electron chi connectivity index (χ2n) is 6.38. The molecule has 0 spiro atoms. The zero-order valence-electron chi connectivity index (χ0n) is 14.5. The number of benzene rings is 1. The molecular formula is C19H20BrN3O4. The third-order valence-corrected chi connectivity index (χ3v) is 4.49. The van der Waals surface area contributed by atoms with E-state index in [1.165, 1.54) is 6.07 Å². The lowest BCUT2D eigenvalue weighted by molar-refractivity contribution is -0.128. The number of furan rings is 1. The van der Waals surface area contributed by atoms with Crippen molar-refractivity contribution < 1.29 is 18.8 Å². The normalized spacial score (nSPS) is 14.3. The number of amides is 3. The first-order valence-electron chi connectivity index (χ1n) is 8.68. The molecule has 2 aromatic rings. The number of halogens is 1. The lowest BCUT2D eigenvalue weighted by Gasteiger charge is -2.18. The van der Waals surface area contributed by atoms with Gasteiger partial charge in [-0.1, -0.05) is 30.3 Å². The van der Waals surface area contributed by atoms with Crippen LogP contribution in [0.15, 0.2) is 51.6 Å². The molecule has 8 heteroatoms. The highest BCUT2D eigenvalue weighted by Gasteiger charge is 2.28. The molecule has 0 radical (unpaired) electrons. The van der Waals surface area contributed by atoms with Crippen molar-refractivity contribution in [1.82, 2.24) is 16.0 Å². The Morgan fingerprint density at radius 2 is 1.85 bits per heavy atom. The van der Waals surface area contributed by atoms with E-state index in [1.807, 2.05) is 30.3 Å². The zero-order chi connectivity index (χ0) is 19.2. The maximum absolute atomic E-state index is 12.5. The van der Waals surface area contributed by atoms with Crippen LogP contribution < -0.4 is 16.0 Å². The van der Waals surface area contributed by atoms with Gasteiger partial charge >= 0.3 is 0 Å². The maximum Gasteiger partial charge on any atom is 0.287 e. The summed E-state index contributed by atoms with van der Waals surface area (Å²) in [5, 5.41) is 8.09. The molecule has 1 aromatic heterocycles. The van der Waals surface area contributed by atoms with Gasteiger partial charge in [0.2, 0.25) is 11.8 Å². The van der Waals surface area contributed by atoms with Gasteiger partial charge in [-0.15, -0.1) is 0 Å². The number of carbonyl (C=O) groups is 3. The van der Waals surface area contributed by atoms with E-state index in [0.29, 0.717) is 11.1 Å². The van der Waals surface area contributed by atoms with E-state index < -0.39 is 17.9 Å². The van der Waals surface area contributed by atoms with Gasteiger partial charge in [0.1, 0.15) is 6.04 Å². The predicted octanol–water partition coefficient (Wildman–Crippen LogP) is 1.78. The SMILES string of the molecule is O=C(CNC(=O)c1ccc(Br)o1)NC(Cc1ccccc1)C(=O)NC1CC1. The molecule has 1 atom stereocenters. The second kappa shape index (κ2) is 8.85. The van der Waals surface area contributed by atoms with Crippen LogP contribution in [-0.2, 0) is 16.0 Å². The molecular weight excluding hydrogens is 414 g/mol. The van der Waals surface area contributed by atoms with Crippen LogP contribution in [0.2, 0.25) is 0 Å². The molecule has 1 aliphatic rings. The first-order valence-corrected chi connectivity index (χ1v) is 9.48. The van der Waals surface area contributed by atoms with E-state index in [1.54, 1.807) is 6.07 Å². The molecule has 0 aliphatic heterocycles. The molecule has 7 nitrogen and oxygen atoms in total. The van der Waals surface area contributed by atoms with Crippen molar-refractivity contribution in [3.05, 3.63) is 58.5 Å². The first-order chi connectivity index (χ1) is 13.0. The first kappa shape index (κ1) is 19.2. The standard InChI is InChI=1S/C19H20BrN3O4/c20-16-9-8-15(27-16)19(26)21-11-17(24)23-14(18(25)22-13-6-7-13)10-12-4-2-1-3-5-12/h1-5,8-9,13-14H,6-7,10-11H2,(H,21,26)(H,22,25)(H,23,24). The predicted molar refractivity (Wildman–Crippen MR) is 102 cm³/mol. The van der Waals surface area contributed by atoms with Crippen LogP contribution in [0.25, 0.3) is 0 Å². The minimum Gasteiger partial charge on any atom is -0.444 e. The maximum atomic E-state index is 12.5. The highest BCUT2D eigenvalue weighted by Crippen LogP contribution is 2.19. The summed E-state index contributed by atoms with van der Waals surface area (Å²) in [4.78, 5) is 36.6. The second-order valence-corrected chi connectivity index (χ2v) is 7.16. The number of carbonyl (C=O) groups excluding carboxylic acids is 3. The number of hydrogen-bond acceptors (Lipinski definition) is 4. The van der Waals surface area contributed by atoms with E-state index in [9.17, 15) is 14.4 Å². The Kier molecular flexibility index (Phi) is 6.28. The van der Waals surface area contributed by atoms with Crippen molar-refractivity contribution >= 4 is 33.7 Å². The van der Waals surface area contributed by atoms with Gasteiger partial charge in [-0.3, -0.25) is 14.4 Å². The van der Waals surface area contributed by atoms with Gasteiger partial charge in [-0.25, -0.2) is 0 Å². The van der Waals surface area contributed by atoms with Gasteiger partial charge in [0.15, 0.2) is 10.4 Å². The summed E-state index contributed by atoms with van der Waals surface area (Å²) in [6, 6.07) is 12.1. The molecule has 0 bridgehead atoms. The van der Waals surface area contributed by atoms with Gasteiger partial charge < -0.3 is 20.4 Å². The highest BCUT2D eigenvalue weighted by molar-refractivity contribution is 9.10. The Balaban J connectivity index is 1.55. The van der Waals surface area contributed by atoms with Crippen molar-refractivity contribution in [2.75, 3.05) is 6.54 Å². The van der Waals surface area contributed by atoms with Crippen molar-refractivity contribution in [3.8, 4) is 0 Å². The van der Waals surface area contributed by atoms with Gasteiger partial charge in [0, 0.05) is 12.5 Å². The van der Waals surface area contributed by atoms with E-state index in [4.69, 9.17) is 4.42 Å². The minimum absolute atomic E-state index is 0.0991. The molecule has 3 amide bonds.